The van der Waals surface area contributed by atoms with E-state index in [4.69, 9.17) is 15.9 Å². The monoisotopic (exact) mass is 244 g/mol. The summed E-state index contributed by atoms with van der Waals surface area (Å²) in [6.45, 7) is 0.614. The molecule has 0 aromatic rings. The van der Waals surface area contributed by atoms with Crippen molar-refractivity contribution in [3.05, 3.63) is 0 Å². The number of carbonyl (C=O) groups is 2. The molecule has 1 amide bonds. The summed E-state index contributed by atoms with van der Waals surface area (Å²) < 4.78 is 0. The van der Waals surface area contributed by atoms with Gasteiger partial charge in [0, 0.05) is 13.0 Å². The van der Waals surface area contributed by atoms with Gasteiger partial charge >= 0.3 is 5.97 Å². The van der Waals surface area contributed by atoms with Gasteiger partial charge < -0.3 is 20.8 Å². The van der Waals surface area contributed by atoms with Crippen LogP contribution in [-0.2, 0) is 9.59 Å². The molecule has 0 bridgehead atoms. The first-order chi connectivity index (χ1) is 8.06. The Labute approximate surface area is 100 Å². The molecule has 1 rings (SSSR count). The average molecular weight is 244 g/mol. The van der Waals surface area contributed by atoms with Gasteiger partial charge in [0.2, 0.25) is 5.91 Å². The Bertz CT molecular complexity index is 283. The van der Waals surface area contributed by atoms with Gasteiger partial charge in [-0.1, -0.05) is 0 Å². The van der Waals surface area contributed by atoms with Crippen LogP contribution in [0, 0.1) is 0 Å². The second-order valence-corrected chi connectivity index (χ2v) is 4.40. The Balaban J connectivity index is 2.42. The number of aliphatic hydroxyl groups excluding tert-OH is 1. The van der Waals surface area contributed by atoms with E-state index in [9.17, 15) is 9.59 Å². The highest BCUT2D eigenvalue weighted by Crippen LogP contribution is 2.18. The Morgan fingerprint density at radius 1 is 1.41 bits per heavy atom. The number of carboxylic acids is 1. The molecule has 98 valence electrons. The van der Waals surface area contributed by atoms with Crippen LogP contribution in [0.15, 0.2) is 0 Å². The summed E-state index contributed by atoms with van der Waals surface area (Å²) in [6, 6.07) is -1.10. The van der Waals surface area contributed by atoms with E-state index < -0.39 is 12.0 Å². The number of piperidine rings is 1. The fourth-order valence-electron chi connectivity index (χ4n) is 2.06. The molecule has 6 heteroatoms. The topological polar surface area (TPSA) is 104 Å². The maximum Gasteiger partial charge on any atom is 0.320 e. The van der Waals surface area contributed by atoms with Crippen molar-refractivity contribution in [2.24, 2.45) is 5.73 Å². The molecule has 4 N–H and O–H groups in total. The van der Waals surface area contributed by atoms with Crippen LogP contribution in [0.25, 0.3) is 0 Å². The number of rotatable bonds is 5. The molecule has 6 nitrogen and oxygen atoms in total. The lowest BCUT2D eigenvalue weighted by Crippen LogP contribution is -2.46. The van der Waals surface area contributed by atoms with E-state index in [1.165, 1.54) is 0 Å². The van der Waals surface area contributed by atoms with Crippen molar-refractivity contribution in [2.45, 2.75) is 44.2 Å². The third kappa shape index (κ3) is 3.98. The summed E-state index contributed by atoms with van der Waals surface area (Å²) in [4.78, 5) is 24.0. The number of likely N-dealkylation sites (tertiary alicyclic amines) is 1. The number of carboxylic acid groups (broad SMARTS) is 1. The minimum Gasteiger partial charge on any atom is -0.480 e. The third-order valence-corrected chi connectivity index (χ3v) is 3.14. The summed E-state index contributed by atoms with van der Waals surface area (Å²) in [5.74, 6) is -1.20. The van der Waals surface area contributed by atoms with E-state index in [0.717, 1.165) is 19.3 Å². The van der Waals surface area contributed by atoms with Gasteiger partial charge in [-0.15, -0.1) is 0 Å². The van der Waals surface area contributed by atoms with Crippen LogP contribution in [0.4, 0.5) is 0 Å². The summed E-state index contributed by atoms with van der Waals surface area (Å²) in [6.07, 6.45) is 3.04. The molecule has 1 heterocycles. The zero-order valence-electron chi connectivity index (χ0n) is 9.84. The van der Waals surface area contributed by atoms with Gasteiger partial charge in [-0.2, -0.15) is 0 Å². The maximum absolute atomic E-state index is 11.9. The Morgan fingerprint density at radius 3 is 2.71 bits per heavy atom. The molecule has 17 heavy (non-hydrogen) atoms. The Morgan fingerprint density at radius 2 is 2.12 bits per heavy atom. The third-order valence-electron chi connectivity index (χ3n) is 3.14. The number of hydrogen-bond acceptors (Lipinski definition) is 4. The van der Waals surface area contributed by atoms with Gasteiger partial charge in [-0.25, -0.2) is 0 Å². The number of amides is 1. The second-order valence-electron chi connectivity index (χ2n) is 4.40. The van der Waals surface area contributed by atoms with Crippen LogP contribution in [0.1, 0.15) is 32.1 Å². The van der Waals surface area contributed by atoms with Crippen LogP contribution < -0.4 is 5.73 Å². The highest BCUT2D eigenvalue weighted by atomic mass is 16.4. The van der Waals surface area contributed by atoms with Crippen molar-refractivity contribution in [1.82, 2.24) is 4.90 Å². The summed E-state index contributed by atoms with van der Waals surface area (Å²) in [5, 5.41) is 17.8. The number of carbonyl (C=O) groups excluding carboxylic acids is 1. The van der Waals surface area contributed by atoms with Crippen LogP contribution in [0.2, 0.25) is 0 Å². The molecular weight excluding hydrogens is 224 g/mol. The van der Waals surface area contributed by atoms with E-state index in [0.29, 0.717) is 6.54 Å². The lowest BCUT2D eigenvalue weighted by molar-refractivity contribution is -0.139. The molecule has 0 aliphatic carbocycles. The maximum atomic E-state index is 11.9. The smallest absolute Gasteiger partial charge is 0.320 e. The SMILES string of the molecule is N[C@@H](CCC(=O)N1CCCCC1CO)C(=O)O. The van der Waals surface area contributed by atoms with Crippen molar-refractivity contribution >= 4 is 11.9 Å². The quantitative estimate of drug-likeness (QED) is 0.607. The highest BCUT2D eigenvalue weighted by molar-refractivity contribution is 5.78. The van der Waals surface area contributed by atoms with Crippen molar-refractivity contribution in [3.63, 3.8) is 0 Å². The fraction of sp³-hybridized carbons (Fsp3) is 0.818. The molecule has 0 aromatic carbocycles. The van der Waals surface area contributed by atoms with Gasteiger partial charge in [0.1, 0.15) is 6.04 Å². The minimum absolute atomic E-state index is 0.0310. The molecular formula is C11H20N2O4. The first-order valence-electron chi connectivity index (χ1n) is 5.95. The standard InChI is InChI=1S/C11H20N2O4/c12-9(11(16)17)4-5-10(15)13-6-2-1-3-8(13)7-14/h8-9,14H,1-7,12H2,(H,16,17)/t8?,9-/m0/s1. The highest BCUT2D eigenvalue weighted by Gasteiger charge is 2.26. The normalized spacial score (nSPS) is 22.2. The van der Waals surface area contributed by atoms with Crippen LogP contribution in [0.5, 0.6) is 0 Å². The van der Waals surface area contributed by atoms with Gasteiger partial charge in [-0.3, -0.25) is 9.59 Å². The summed E-state index contributed by atoms with van der Waals surface area (Å²) in [5.41, 5.74) is 5.34. The molecule has 0 saturated carbocycles. The molecule has 1 aliphatic heterocycles. The summed E-state index contributed by atoms with van der Waals surface area (Å²) >= 11 is 0. The van der Waals surface area contributed by atoms with E-state index in [-0.39, 0.29) is 31.4 Å². The van der Waals surface area contributed by atoms with E-state index >= 15 is 0 Å². The Hall–Kier alpha value is -1.14. The van der Waals surface area contributed by atoms with Gasteiger partial charge in [0.15, 0.2) is 0 Å². The molecule has 1 aliphatic rings. The number of hydrogen-bond donors (Lipinski definition) is 3. The predicted octanol–water partition coefficient (Wildman–Crippen LogP) is -0.448. The van der Waals surface area contributed by atoms with Gasteiger partial charge in [0.25, 0.3) is 0 Å². The molecule has 0 spiro atoms. The number of nitrogens with zero attached hydrogens (tertiary/aromatic N) is 1. The number of aliphatic carboxylic acids is 1. The fourth-order valence-corrected chi connectivity index (χ4v) is 2.06. The lowest BCUT2D eigenvalue weighted by Gasteiger charge is -2.34. The number of aliphatic hydroxyl groups is 1. The molecule has 1 fully saturated rings. The lowest BCUT2D eigenvalue weighted by atomic mass is 10.0. The zero-order chi connectivity index (χ0) is 12.8. The van der Waals surface area contributed by atoms with Crippen LogP contribution >= 0.6 is 0 Å². The van der Waals surface area contributed by atoms with Crippen molar-refractivity contribution in [3.8, 4) is 0 Å². The first kappa shape index (κ1) is 13.9. The van der Waals surface area contributed by atoms with E-state index in [2.05, 4.69) is 0 Å². The Kier molecular flexibility index (Phi) is 5.37. The van der Waals surface area contributed by atoms with Crippen molar-refractivity contribution in [2.75, 3.05) is 13.2 Å². The molecule has 1 saturated heterocycles. The summed E-state index contributed by atoms with van der Waals surface area (Å²) in [7, 11) is 0. The second kappa shape index (κ2) is 6.56. The zero-order valence-corrected chi connectivity index (χ0v) is 9.84. The van der Waals surface area contributed by atoms with Crippen molar-refractivity contribution in [1.29, 1.82) is 0 Å². The largest absolute Gasteiger partial charge is 0.480 e. The number of nitrogens with two attached hydrogens (primary N) is 1. The van der Waals surface area contributed by atoms with Gasteiger partial charge in [0.05, 0.1) is 12.6 Å². The molecule has 2 atom stereocenters. The average Bonchev–Trinajstić information content (AvgIpc) is 2.35. The van der Waals surface area contributed by atoms with E-state index in [1.807, 2.05) is 0 Å². The molecule has 0 aromatic heterocycles. The van der Waals surface area contributed by atoms with Crippen LogP contribution in [0.3, 0.4) is 0 Å². The van der Waals surface area contributed by atoms with Gasteiger partial charge in [-0.05, 0) is 25.7 Å². The first-order valence-corrected chi connectivity index (χ1v) is 5.95. The van der Waals surface area contributed by atoms with Crippen LogP contribution in [-0.4, -0.2) is 52.2 Å². The predicted molar refractivity (Wildman–Crippen MR) is 61.3 cm³/mol. The molecule has 1 unspecified atom stereocenters. The van der Waals surface area contributed by atoms with Crippen molar-refractivity contribution < 1.29 is 19.8 Å². The minimum atomic E-state index is -1.09. The van der Waals surface area contributed by atoms with E-state index in [1.54, 1.807) is 4.90 Å². The molecule has 0 radical (unpaired) electrons.